The highest BCUT2D eigenvalue weighted by atomic mass is 16.3. The zero-order valence-electron chi connectivity index (χ0n) is 14.4. The number of nitrogens with zero attached hydrogens (tertiary/aromatic N) is 2. The molecule has 25 heavy (non-hydrogen) atoms. The van der Waals surface area contributed by atoms with Gasteiger partial charge in [0.2, 0.25) is 0 Å². The van der Waals surface area contributed by atoms with Crippen LogP contribution in [0.5, 0.6) is 0 Å². The van der Waals surface area contributed by atoms with Gasteiger partial charge in [-0.3, -0.25) is 0 Å². The van der Waals surface area contributed by atoms with E-state index in [1.807, 2.05) is 6.07 Å². The molecule has 5 nitrogen and oxygen atoms in total. The van der Waals surface area contributed by atoms with Gasteiger partial charge in [0, 0.05) is 19.0 Å². The minimum atomic E-state index is -0.184. The molecule has 0 unspecified atom stereocenters. The smallest absolute Gasteiger partial charge is 0.138 e. The first kappa shape index (κ1) is 17.5. The van der Waals surface area contributed by atoms with Crippen LogP contribution in [0.2, 0.25) is 0 Å². The van der Waals surface area contributed by atoms with E-state index in [9.17, 15) is 5.11 Å². The Hall–Kier alpha value is -2.27. The van der Waals surface area contributed by atoms with Crippen LogP contribution in [0.1, 0.15) is 36.8 Å². The van der Waals surface area contributed by atoms with E-state index in [0.717, 1.165) is 44.5 Å². The van der Waals surface area contributed by atoms with Crippen LogP contribution in [0.15, 0.2) is 42.9 Å². The van der Waals surface area contributed by atoms with Crippen molar-refractivity contribution in [3.05, 3.63) is 54.0 Å². The van der Waals surface area contributed by atoms with Crippen molar-refractivity contribution in [3.63, 3.8) is 0 Å². The summed E-state index contributed by atoms with van der Waals surface area (Å²) in [6, 6.07) is 10.4. The molecule has 1 saturated carbocycles. The first-order valence-corrected chi connectivity index (χ1v) is 9.02. The minimum Gasteiger partial charge on any atom is -0.393 e. The fourth-order valence-corrected chi connectivity index (χ4v) is 3.52. The molecule has 0 saturated heterocycles. The van der Waals surface area contributed by atoms with E-state index in [1.54, 1.807) is 6.20 Å². The monoisotopic (exact) mass is 338 g/mol. The standard InChI is InChI=1S/C20H26N4O/c21-12-18-13-22-14-24-20(18)23-9-8-16-10-17(11-16)19(25)7-6-15-4-2-1-3-5-15/h1-5,12-14,16-17,19,21,25H,6-11H2,(H,22,23,24)/t16?,17?,19-/m1/s1. The summed E-state index contributed by atoms with van der Waals surface area (Å²) in [6.07, 6.45) is 9.32. The number of aliphatic hydroxyl groups excluding tert-OH is 1. The predicted molar refractivity (Wildman–Crippen MR) is 100 cm³/mol. The molecule has 132 valence electrons. The van der Waals surface area contributed by atoms with Crippen molar-refractivity contribution >= 4 is 12.0 Å². The maximum absolute atomic E-state index is 10.4. The first-order chi connectivity index (χ1) is 12.3. The van der Waals surface area contributed by atoms with Crippen LogP contribution >= 0.6 is 0 Å². The van der Waals surface area contributed by atoms with Crippen molar-refractivity contribution < 1.29 is 5.11 Å². The van der Waals surface area contributed by atoms with Crippen molar-refractivity contribution in [2.45, 2.75) is 38.2 Å². The molecule has 0 bridgehead atoms. The topological polar surface area (TPSA) is 81.9 Å². The van der Waals surface area contributed by atoms with E-state index >= 15 is 0 Å². The minimum absolute atomic E-state index is 0.184. The van der Waals surface area contributed by atoms with Gasteiger partial charge in [0.05, 0.1) is 11.7 Å². The van der Waals surface area contributed by atoms with Crippen LogP contribution in [-0.4, -0.2) is 33.9 Å². The van der Waals surface area contributed by atoms with Gasteiger partial charge in [-0.05, 0) is 49.5 Å². The first-order valence-electron chi connectivity index (χ1n) is 9.02. The molecule has 1 fully saturated rings. The average Bonchev–Trinajstić information content (AvgIpc) is 2.62. The average molecular weight is 338 g/mol. The molecule has 1 atom stereocenters. The number of nitrogens with one attached hydrogen (secondary N) is 2. The van der Waals surface area contributed by atoms with E-state index in [2.05, 4.69) is 39.6 Å². The third-order valence-electron chi connectivity index (χ3n) is 5.13. The fourth-order valence-electron chi connectivity index (χ4n) is 3.52. The number of aromatic nitrogens is 2. The summed E-state index contributed by atoms with van der Waals surface area (Å²) in [5.74, 6) is 1.85. The molecule has 0 radical (unpaired) electrons. The van der Waals surface area contributed by atoms with E-state index in [-0.39, 0.29) is 6.10 Å². The van der Waals surface area contributed by atoms with Crippen molar-refractivity contribution in [1.29, 1.82) is 5.41 Å². The Morgan fingerprint density at radius 1 is 1.28 bits per heavy atom. The highest BCUT2D eigenvalue weighted by Crippen LogP contribution is 2.39. The van der Waals surface area contributed by atoms with Gasteiger partial charge < -0.3 is 15.8 Å². The SMILES string of the molecule is N=Cc1cncnc1NCCC1CC([C@H](O)CCc2ccccc2)C1. The van der Waals surface area contributed by atoms with Crippen molar-refractivity contribution in [2.24, 2.45) is 11.8 Å². The summed E-state index contributed by atoms with van der Waals surface area (Å²) < 4.78 is 0. The molecule has 3 rings (SSSR count). The highest BCUT2D eigenvalue weighted by molar-refractivity contribution is 5.83. The summed E-state index contributed by atoms with van der Waals surface area (Å²) in [4.78, 5) is 8.10. The van der Waals surface area contributed by atoms with Gasteiger partial charge in [-0.15, -0.1) is 0 Å². The lowest BCUT2D eigenvalue weighted by molar-refractivity contribution is 0.0210. The highest BCUT2D eigenvalue weighted by Gasteiger charge is 2.33. The summed E-state index contributed by atoms with van der Waals surface area (Å²) in [7, 11) is 0. The molecule has 1 aromatic carbocycles. The largest absolute Gasteiger partial charge is 0.393 e. The van der Waals surface area contributed by atoms with Crippen LogP contribution in [0.4, 0.5) is 5.82 Å². The summed E-state index contributed by atoms with van der Waals surface area (Å²) in [5, 5.41) is 21.0. The molecule has 0 amide bonds. The van der Waals surface area contributed by atoms with E-state index in [1.165, 1.54) is 18.1 Å². The number of hydrogen-bond donors (Lipinski definition) is 3. The molecule has 0 aliphatic heterocycles. The number of rotatable bonds is 9. The van der Waals surface area contributed by atoms with Gasteiger partial charge >= 0.3 is 0 Å². The van der Waals surface area contributed by atoms with Crippen LogP contribution in [-0.2, 0) is 6.42 Å². The molecular formula is C20H26N4O. The van der Waals surface area contributed by atoms with Crippen LogP contribution < -0.4 is 5.32 Å². The Morgan fingerprint density at radius 3 is 2.84 bits per heavy atom. The lowest BCUT2D eigenvalue weighted by atomic mass is 9.70. The van der Waals surface area contributed by atoms with Crippen molar-refractivity contribution in [1.82, 2.24) is 9.97 Å². The lowest BCUT2D eigenvalue weighted by Crippen LogP contribution is -2.34. The second-order valence-corrected chi connectivity index (χ2v) is 6.88. The van der Waals surface area contributed by atoms with Gasteiger partial charge in [-0.1, -0.05) is 30.3 Å². The molecule has 5 heteroatoms. The zero-order chi connectivity index (χ0) is 17.5. The summed E-state index contributed by atoms with van der Waals surface area (Å²) in [6.45, 7) is 0.843. The quantitative estimate of drug-likeness (QED) is 0.613. The van der Waals surface area contributed by atoms with Gasteiger partial charge in [0.25, 0.3) is 0 Å². The zero-order valence-corrected chi connectivity index (χ0v) is 14.4. The van der Waals surface area contributed by atoms with E-state index < -0.39 is 0 Å². The number of aliphatic hydroxyl groups is 1. The summed E-state index contributed by atoms with van der Waals surface area (Å²) >= 11 is 0. The predicted octanol–water partition coefficient (Wildman–Crippen LogP) is 3.30. The summed E-state index contributed by atoms with van der Waals surface area (Å²) in [5.41, 5.74) is 2.01. The maximum atomic E-state index is 10.4. The van der Waals surface area contributed by atoms with E-state index in [0.29, 0.717) is 17.4 Å². The Labute approximate surface area is 149 Å². The van der Waals surface area contributed by atoms with Crippen molar-refractivity contribution in [2.75, 3.05) is 11.9 Å². The van der Waals surface area contributed by atoms with Crippen LogP contribution in [0.3, 0.4) is 0 Å². The normalized spacial score (nSPS) is 20.5. The Morgan fingerprint density at radius 2 is 2.08 bits per heavy atom. The molecule has 0 spiro atoms. The van der Waals surface area contributed by atoms with Gasteiger partial charge in [-0.25, -0.2) is 9.97 Å². The molecule has 2 aromatic rings. The van der Waals surface area contributed by atoms with Crippen molar-refractivity contribution in [3.8, 4) is 0 Å². The molecule has 1 aromatic heterocycles. The van der Waals surface area contributed by atoms with Gasteiger partial charge in [0.15, 0.2) is 0 Å². The lowest BCUT2D eigenvalue weighted by Gasteiger charge is -2.38. The molecule has 3 N–H and O–H groups in total. The maximum Gasteiger partial charge on any atom is 0.138 e. The van der Waals surface area contributed by atoms with Gasteiger partial charge in [0.1, 0.15) is 12.1 Å². The third kappa shape index (κ3) is 4.86. The Kier molecular flexibility index (Phi) is 6.12. The van der Waals surface area contributed by atoms with Crippen LogP contribution in [0.25, 0.3) is 0 Å². The Balaban J connectivity index is 1.33. The van der Waals surface area contributed by atoms with Gasteiger partial charge in [-0.2, -0.15) is 0 Å². The molecular weight excluding hydrogens is 312 g/mol. The molecule has 1 aliphatic carbocycles. The van der Waals surface area contributed by atoms with Crippen LogP contribution in [0, 0.1) is 17.2 Å². The molecule has 1 heterocycles. The second kappa shape index (κ2) is 8.72. The molecule has 1 aliphatic rings. The van der Waals surface area contributed by atoms with E-state index in [4.69, 9.17) is 5.41 Å². The fraction of sp³-hybridized carbons (Fsp3) is 0.450. The third-order valence-corrected chi connectivity index (χ3v) is 5.13. The Bertz CT molecular complexity index is 670. The number of anilines is 1. The number of hydrogen-bond acceptors (Lipinski definition) is 5. The second-order valence-electron chi connectivity index (χ2n) is 6.88. The number of benzene rings is 1. The number of aryl methyl sites for hydroxylation is 1.